The second-order valence-electron chi connectivity index (χ2n) is 4.72. The highest BCUT2D eigenvalue weighted by molar-refractivity contribution is 5.69. The molecule has 0 spiro atoms. The third kappa shape index (κ3) is 2.42. The quantitative estimate of drug-likeness (QED) is 0.748. The summed E-state index contributed by atoms with van der Waals surface area (Å²) in [5.41, 5.74) is 7.80. The van der Waals surface area contributed by atoms with Crippen LogP contribution in [0.1, 0.15) is 11.1 Å². The second-order valence-corrected chi connectivity index (χ2v) is 4.72. The Kier molecular flexibility index (Phi) is 2.86. The Morgan fingerprint density at radius 2 is 1.81 bits per heavy atom. The summed E-state index contributed by atoms with van der Waals surface area (Å²) >= 11 is 0. The Bertz CT molecular complexity index is 803. The molecule has 2 heterocycles. The molecule has 0 fully saturated rings. The summed E-state index contributed by atoms with van der Waals surface area (Å²) in [4.78, 5) is 4.04. The number of alkyl halides is 3. The molecule has 3 rings (SSSR count). The number of nitrogens with zero attached hydrogens (tertiary/aromatic N) is 3. The third-order valence-corrected chi connectivity index (χ3v) is 3.22. The van der Waals surface area contributed by atoms with E-state index in [1.54, 1.807) is 12.3 Å². The van der Waals surface area contributed by atoms with Crippen molar-refractivity contribution in [3.8, 4) is 11.1 Å². The van der Waals surface area contributed by atoms with E-state index >= 15 is 0 Å². The predicted octanol–water partition coefficient (Wildman–Crippen LogP) is 3.31. The topological polar surface area (TPSA) is 56.2 Å². The molecule has 0 aliphatic rings. The minimum atomic E-state index is -4.34. The summed E-state index contributed by atoms with van der Waals surface area (Å²) in [7, 11) is 0. The minimum Gasteiger partial charge on any atom is -0.366 e. The van der Waals surface area contributed by atoms with Gasteiger partial charge in [-0.15, -0.1) is 5.10 Å². The van der Waals surface area contributed by atoms with Gasteiger partial charge in [0.05, 0.1) is 5.56 Å². The van der Waals surface area contributed by atoms with Crippen molar-refractivity contribution >= 4 is 11.6 Å². The lowest BCUT2D eigenvalue weighted by Crippen LogP contribution is -2.04. The Hall–Kier alpha value is -2.57. The van der Waals surface area contributed by atoms with Crippen molar-refractivity contribution in [1.82, 2.24) is 14.6 Å². The number of aryl methyl sites for hydroxylation is 1. The molecular formula is C14H11F3N4. The van der Waals surface area contributed by atoms with E-state index < -0.39 is 11.7 Å². The fourth-order valence-corrected chi connectivity index (χ4v) is 2.18. The maximum Gasteiger partial charge on any atom is 0.416 e. The summed E-state index contributed by atoms with van der Waals surface area (Å²) in [6, 6.07) is 6.80. The number of benzene rings is 1. The first-order chi connectivity index (χ1) is 9.84. The number of nitrogens with two attached hydrogens (primary N) is 1. The summed E-state index contributed by atoms with van der Waals surface area (Å²) in [6.45, 7) is 1.86. The standard InChI is InChI=1S/C14H11F3N4/c1-8-6-12-19-13(18)20-21(12)7-11(8)9-2-4-10(5-3-9)14(15,16)17/h2-7H,1H3,(H2,18,20). The maximum atomic E-state index is 12.6. The van der Waals surface area contributed by atoms with Gasteiger partial charge in [0, 0.05) is 11.8 Å². The molecule has 2 aromatic heterocycles. The molecule has 0 radical (unpaired) electrons. The maximum absolute atomic E-state index is 12.6. The molecule has 2 N–H and O–H groups in total. The van der Waals surface area contributed by atoms with E-state index in [9.17, 15) is 13.2 Å². The molecule has 108 valence electrons. The van der Waals surface area contributed by atoms with Crippen LogP contribution in [-0.2, 0) is 6.18 Å². The van der Waals surface area contributed by atoms with Crippen molar-refractivity contribution in [3.63, 3.8) is 0 Å². The molecule has 0 aliphatic heterocycles. The minimum absolute atomic E-state index is 0.152. The van der Waals surface area contributed by atoms with Gasteiger partial charge in [0.2, 0.25) is 5.95 Å². The van der Waals surface area contributed by atoms with Crippen molar-refractivity contribution in [3.05, 3.63) is 47.7 Å². The van der Waals surface area contributed by atoms with Gasteiger partial charge in [-0.3, -0.25) is 0 Å². The molecule has 0 aliphatic carbocycles. The number of halogens is 3. The average Bonchev–Trinajstić information content (AvgIpc) is 2.76. The van der Waals surface area contributed by atoms with Gasteiger partial charge in [-0.05, 0) is 36.2 Å². The largest absolute Gasteiger partial charge is 0.416 e. The summed E-state index contributed by atoms with van der Waals surface area (Å²) in [5, 5.41) is 4.00. The zero-order valence-electron chi connectivity index (χ0n) is 11.0. The monoisotopic (exact) mass is 292 g/mol. The lowest BCUT2D eigenvalue weighted by atomic mass is 10.0. The highest BCUT2D eigenvalue weighted by atomic mass is 19.4. The van der Waals surface area contributed by atoms with E-state index in [0.717, 1.165) is 23.3 Å². The first kappa shape index (κ1) is 13.4. The fourth-order valence-electron chi connectivity index (χ4n) is 2.18. The molecule has 1 aromatic carbocycles. The molecule has 21 heavy (non-hydrogen) atoms. The predicted molar refractivity (Wildman–Crippen MR) is 72.6 cm³/mol. The van der Waals surface area contributed by atoms with Crippen molar-refractivity contribution in [1.29, 1.82) is 0 Å². The molecule has 4 nitrogen and oxygen atoms in total. The fraction of sp³-hybridized carbons (Fsp3) is 0.143. The van der Waals surface area contributed by atoms with Gasteiger partial charge in [-0.2, -0.15) is 18.2 Å². The molecule has 0 unspecified atom stereocenters. The van der Waals surface area contributed by atoms with Crippen LogP contribution in [0.4, 0.5) is 19.1 Å². The van der Waals surface area contributed by atoms with Gasteiger partial charge >= 0.3 is 6.18 Å². The van der Waals surface area contributed by atoms with Gasteiger partial charge in [0.15, 0.2) is 5.65 Å². The molecule has 3 aromatic rings. The van der Waals surface area contributed by atoms with Crippen LogP contribution in [0.3, 0.4) is 0 Å². The van der Waals surface area contributed by atoms with Gasteiger partial charge in [0.1, 0.15) is 0 Å². The number of pyridine rings is 1. The van der Waals surface area contributed by atoms with Crippen LogP contribution in [0.2, 0.25) is 0 Å². The van der Waals surface area contributed by atoms with Crippen molar-refractivity contribution in [2.75, 3.05) is 5.73 Å². The molecule has 0 atom stereocenters. The van der Waals surface area contributed by atoms with Crippen LogP contribution >= 0.6 is 0 Å². The van der Waals surface area contributed by atoms with Crippen LogP contribution in [0.5, 0.6) is 0 Å². The molecule has 0 amide bonds. The number of rotatable bonds is 1. The molecule has 0 bridgehead atoms. The lowest BCUT2D eigenvalue weighted by molar-refractivity contribution is -0.137. The first-order valence-electron chi connectivity index (χ1n) is 6.15. The zero-order chi connectivity index (χ0) is 15.2. The van der Waals surface area contributed by atoms with E-state index in [2.05, 4.69) is 10.1 Å². The SMILES string of the molecule is Cc1cc2nc(N)nn2cc1-c1ccc(C(F)(F)F)cc1. The molecular weight excluding hydrogens is 281 g/mol. The number of hydrogen-bond acceptors (Lipinski definition) is 3. The van der Waals surface area contributed by atoms with E-state index in [1.807, 2.05) is 6.92 Å². The number of fused-ring (bicyclic) bond motifs is 1. The second kappa shape index (κ2) is 4.47. The Balaban J connectivity index is 2.09. The van der Waals surface area contributed by atoms with Crippen molar-refractivity contribution in [2.45, 2.75) is 13.1 Å². The number of anilines is 1. The lowest BCUT2D eigenvalue weighted by Gasteiger charge is -2.09. The number of nitrogen functional groups attached to an aromatic ring is 1. The number of aromatic nitrogens is 3. The van der Waals surface area contributed by atoms with Gasteiger partial charge < -0.3 is 5.73 Å². The highest BCUT2D eigenvalue weighted by Crippen LogP contribution is 2.31. The molecule has 0 saturated heterocycles. The van der Waals surface area contributed by atoms with Gasteiger partial charge in [-0.1, -0.05) is 12.1 Å². The van der Waals surface area contributed by atoms with E-state index in [0.29, 0.717) is 11.2 Å². The summed E-state index contributed by atoms with van der Waals surface area (Å²) in [5.74, 6) is 0.152. The van der Waals surface area contributed by atoms with Crippen LogP contribution in [0.15, 0.2) is 36.5 Å². The highest BCUT2D eigenvalue weighted by Gasteiger charge is 2.30. The van der Waals surface area contributed by atoms with Crippen LogP contribution in [-0.4, -0.2) is 14.6 Å². The van der Waals surface area contributed by atoms with Crippen molar-refractivity contribution in [2.24, 2.45) is 0 Å². The smallest absolute Gasteiger partial charge is 0.366 e. The normalized spacial score (nSPS) is 12.0. The molecule has 0 saturated carbocycles. The van der Waals surface area contributed by atoms with E-state index in [4.69, 9.17) is 5.73 Å². The summed E-state index contributed by atoms with van der Waals surface area (Å²) < 4.78 is 39.2. The first-order valence-corrected chi connectivity index (χ1v) is 6.15. The van der Waals surface area contributed by atoms with E-state index in [-0.39, 0.29) is 5.95 Å². The summed E-state index contributed by atoms with van der Waals surface area (Å²) in [6.07, 6.45) is -2.63. The number of hydrogen-bond donors (Lipinski definition) is 1. The van der Waals surface area contributed by atoms with Gasteiger partial charge in [-0.25, -0.2) is 4.52 Å². The Morgan fingerprint density at radius 3 is 2.43 bits per heavy atom. The third-order valence-electron chi connectivity index (χ3n) is 3.22. The Morgan fingerprint density at radius 1 is 1.14 bits per heavy atom. The van der Waals surface area contributed by atoms with E-state index in [1.165, 1.54) is 16.6 Å². The van der Waals surface area contributed by atoms with Crippen LogP contribution in [0.25, 0.3) is 16.8 Å². The van der Waals surface area contributed by atoms with Crippen LogP contribution in [0, 0.1) is 6.92 Å². The van der Waals surface area contributed by atoms with Gasteiger partial charge in [0.25, 0.3) is 0 Å². The average molecular weight is 292 g/mol. The van der Waals surface area contributed by atoms with Crippen LogP contribution < -0.4 is 5.73 Å². The van der Waals surface area contributed by atoms with Crippen molar-refractivity contribution < 1.29 is 13.2 Å². The Labute approximate surface area is 118 Å². The molecule has 7 heteroatoms. The zero-order valence-corrected chi connectivity index (χ0v) is 11.0.